The van der Waals surface area contributed by atoms with E-state index in [1.54, 1.807) is 0 Å². The van der Waals surface area contributed by atoms with Gasteiger partial charge in [0, 0.05) is 19.8 Å². The van der Waals surface area contributed by atoms with Crippen molar-refractivity contribution in [3.05, 3.63) is 29.8 Å². The van der Waals surface area contributed by atoms with E-state index in [1.807, 2.05) is 14.1 Å². The third-order valence-corrected chi connectivity index (χ3v) is 3.62. The zero-order valence-corrected chi connectivity index (χ0v) is 10.6. The Morgan fingerprint density at radius 3 is 2.29 bits per heavy atom. The van der Waals surface area contributed by atoms with Crippen molar-refractivity contribution in [2.75, 3.05) is 26.1 Å². The van der Waals surface area contributed by atoms with Crippen molar-refractivity contribution in [1.29, 1.82) is 0 Å². The van der Waals surface area contributed by atoms with Crippen LogP contribution in [0.3, 0.4) is 0 Å². The van der Waals surface area contributed by atoms with Crippen LogP contribution >= 0.6 is 0 Å². The molecule has 1 aromatic carbocycles. The van der Waals surface area contributed by atoms with E-state index < -0.39 is 0 Å². The second kappa shape index (κ2) is 4.78. The summed E-state index contributed by atoms with van der Waals surface area (Å²) in [6.45, 7) is 0. The molecule has 1 aliphatic rings. The Morgan fingerprint density at radius 1 is 1.24 bits per heavy atom. The van der Waals surface area contributed by atoms with Gasteiger partial charge in [-0.2, -0.15) is 0 Å². The first kappa shape index (κ1) is 12.0. The minimum atomic E-state index is -0.0714. The van der Waals surface area contributed by atoms with Crippen LogP contribution in [0.5, 0.6) is 0 Å². The molecule has 0 aromatic heterocycles. The number of carbonyl (C=O) groups is 1. The molecule has 17 heavy (non-hydrogen) atoms. The summed E-state index contributed by atoms with van der Waals surface area (Å²) in [4.78, 5) is 13.6. The smallest absolute Gasteiger partial charge is 0.309 e. The summed E-state index contributed by atoms with van der Waals surface area (Å²) in [5, 5.41) is 0. The van der Waals surface area contributed by atoms with Gasteiger partial charge >= 0.3 is 5.97 Å². The van der Waals surface area contributed by atoms with Crippen molar-refractivity contribution in [3.63, 3.8) is 0 Å². The Bertz CT molecular complexity index is 397. The van der Waals surface area contributed by atoms with Crippen molar-refractivity contribution in [2.45, 2.75) is 18.8 Å². The number of rotatable bonds is 3. The highest BCUT2D eigenvalue weighted by Gasteiger charge is 2.38. The fourth-order valence-electron chi connectivity index (χ4n) is 2.35. The van der Waals surface area contributed by atoms with Gasteiger partial charge in [0.1, 0.15) is 0 Å². The normalized spacial score (nSPS) is 22.8. The molecule has 0 aliphatic heterocycles. The summed E-state index contributed by atoms with van der Waals surface area (Å²) < 4.78 is 4.82. The van der Waals surface area contributed by atoms with Gasteiger partial charge in [0.05, 0.1) is 13.0 Å². The first-order valence-corrected chi connectivity index (χ1v) is 5.98. The zero-order chi connectivity index (χ0) is 12.4. The fourth-order valence-corrected chi connectivity index (χ4v) is 2.35. The van der Waals surface area contributed by atoms with Gasteiger partial charge in [-0.05, 0) is 36.5 Å². The number of benzene rings is 1. The third kappa shape index (κ3) is 2.28. The molecular formula is C14H19NO2. The predicted octanol–water partition coefficient (Wildman–Crippen LogP) is 2.42. The molecule has 3 heteroatoms. The van der Waals surface area contributed by atoms with E-state index in [4.69, 9.17) is 4.74 Å². The second-order valence-electron chi connectivity index (χ2n) is 4.80. The molecule has 2 unspecified atom stereocenters. The largest absolute Gasteiger partial charge is 0.469 e. The van der Waals surface area contributed by atoms with E-state index in [-0.39, 0.29) is 11.9 Å². The average Bonchev–Trinajstić information content (AvgIpc) is 2.28. The number of esters is 1. The number of hydrogen-bond donors (Lipinski definition) is 0. The molecule has 2 atom stereocenters. The number of anilines is 1. The summed E-state index contributed by atoms with van der Waals surface area (Å²) in [6.07, 6.45) is 2.04. The molecule has 2 rings (SSSR count). The lowest BCUT2D eigenvalue weighted by Gasteiger charge is -2.34. The molecule has 92 valence electrons. The lowest BCUT2D eigenvalue weighted by Crippen LogP contribution is -2.32. The molecule has 0 saturated heterocycles. The van der Waals surface area contributed by atoms with E-state index in [9.17, 15) is 4.79 Å². The molecule has 0 bridgehead atoms. The van der Waals surface area contributed by atoms with E-state index in [0.717, 1.165) is 12.8 Å². The topological polar surface area (TPSA) is 29.5 Å². The molecule has 0 amide bonds. The van der Waals surface area contributed by atoms with Crippen LogP contribution in [0.2, 0.25) is 0 Å². The molecule has 1 aromatic rings. The van der Waals surface area contributed by atoms with Gasteiger partial charge in [0.15, 0.2) is 0 Å². The summed E-state index contributed by atoms with van der Waals surface area (Å²) in [6, 6.07) is 8.44. The van der Waals surface area contributed by atoms with E-state index in [1.165, 1.54) is 18.4 Å². The average molecular weight is 233 g/mol. The lowest BCUT2D eigenvalue weighted by molar-refractivity contribution is -0.149. The highest BCUT2D eigenvalue weighted by atomic mass is 16.5. The maximum absolute atomic E-state index is 11.5. The Morgan fingerprint density at radius 2 is 1.88 bits per heavy atom. The summed E-state index contributed by atoms with van der Waals surface area (Å²) in [5.74, 6) is 0.335. The number of hydrogen-bond acceptors (Lipinski definition) is 3. The van der Waals surface area contributed by atoms with E-state index in [2.05, 4.69) is 29.2 Å². The maximum atomic E-state index is 11.5. The van der Waals surface area contributed by atoms with Crippen molar-refractivity contribution in [3.8, 4) is 0 Å². The van der Waals surface area contributed by atoms with Crippen molar-refractivity contribution in [1.82, 2.24) is 0 Å². The Kier molecular flexibility index (Phi) is 3.36. The Balaban J connectivity index is 2.10. The van der Waals surface area contributed by atoms with Crippen LogP contribution in [0.4, 0.5) is 5.69 Å². The van der Waals surface area contributed by atoms with Gasteiger partial charge in [-0.3, -0.25) is 4.79 Å². The third-order valence-electron chi connectivity index (χ3n) is 3.62. The van der Waals surface area contributed by atoms with Gasteiger partial charge in [-0.1, -0.05) is 12.1 Å². The van der Waals surface area contributed by atoms with E-state index >= 15 is 0 Å². The number of nitrogens with zero attached hydrogens (tertiary/aromatic N) is 1. The minimum absolute atomic E-state index is 0.0604. The molecule has 0 heterocycles. The quantitative estimate of drug-likeness (QED) is 0.751. The first-order chi connectivity index (χ1) is 8.13. The van der Waals surface area contributed by atoms with Crippen LogP contribution in [0.15, 0.2) is 24.3 Å². The van der Waals surface area contributed by atoms with Crippen LogP contribution in [-0.2, 0) is 9.53 Å². The molecule has 1 aliphatic carbocycles. The molecule has 0 radical (unpaired) electrons. The standard InChI is InChI=1S/C14H19NO2/c1-15(2)11-6-4-10(5-7-11)12-8-9-13(12)14(16)17-3/h4-7,12-13H,8-9H2,1-3H3. The fraction of sp³-hybridized carbons (Fsp3) is 0.500. The van der Waals surface area contributed by atoms with Gasteiger partial charge in [-0.15, -0.1) is 0 Å². The SMILES string of the molecule is COC(=O)C1CCC1c1ccc(N(C)C)cc1. The zero-order valence-electron chi connectivity index (χ0n) is 10.6. The van der Waals surface area contributed by atoms with Crippen LogP contribution in [-0.4, -0.2) is 27.2 Å². The lowest BCUT2D eigenvalue weighted by atomic mass is 9.70. The van der Waals surface area contributed by atoms with Crippen LogP contribution in [0, 0.1) is 5.92 Å². The van der Waals surface area contributed by atoms with Crippen molar-refractivity contribution in [2.24, 2.45) is 5.92 Å². The van der Waals surface area contributed by atoms with Crippen molar-refractivity contribution >= 4 is 11.7 Å². The molecule has 0 spiro atoms. The van der Waals surface area contributed by atoms with Gasteiger partial charge in [0.25, 0.3) is 0 Å². The maximum Gasteiger partial charge on any atom is 0.309 e. The van der Waals surface area contributed by atoms with Gasteiger partial charge in [-0.25, -0.2) is 0 Å². The number of methoxy groups -OCH3 is 1. The summed E-state index contributed by atoms with van der Waals surface area (Å²) in [5.41, 5.74) is 2.43. The van der Waals surface area contributed by atoms with Crippen LogP contribution < -0.4 is 4.90 Å². The molecule has 1 saturated carbocycles. The number of ether oxygens (including phenoxy) is 1. The minimum Gasteiger partial charge on any atom is -0.469 e. The molecular weight excluding hydrogens is 214 g/mol. The highest BCUT2D eigenvalue weighted by Crippen LogP contribution is 2.43. The highest BCUT2D eigenvalue weighted by molar-refractivity contribution is 5.74. The van der Waals surface area contributed by atoms with E-state index in [0.29, 0.717) is 5.92 Å². The monoisotopic (exact) mass is 233 g/mol. The molecule has 3 nitrogen and oxygen atoms in total. The summed E-state index contributed by atoms with van der Waals surface area (Å²) in [7, 11) is 5.51. The van der Waals surface area contributed by atoms with Crippen molar-refractivity contribution < 1.29 is 9.53 Å². The van der Waals surface area contributed by atoms with Gasteiger partial charge < -0.3 is 9.64 Å². The first-order valence-electron chi connectivity index (χ1n) is 5.98. The number of carbonyl (C=O) groups excluding carboxylic acids is 1. The second-order valence-corrected chi connectivity index (χ2v) is 4.80. The van der Waals surface area contributed by atoms with Crippen LogP contribution in [0.25, 0.3) is 0 Å². The Labute approximate surface area is 102 Å². The Hall–Kier alpha value is -1.51. The van der Waals surface area contributed by atoms with Gasteiger partial charge in [0.2, 0.25) is 0 Å². The van der Waals surface area contributed by atoms with Crippen LogP contribution in [0.1, 0.15) is 24.3 Å². The molecule has 0 N–H and O–H groups in total. The molecule has 1 fully saturated rings. The summed E-state index contributed by atoms with van der Waals surface area (Å²) >= 11 is 0. The predicted molar refractivity (Wildman–Crippen MR) is 68.3 cm³/mol.